The van der Waals surface area contributed by atoms with Crippen molar-refractivity contribution < 1.29 is 18.7 Å². The Balaban J connectivity index is 1.65. The van der Waals surface area contributed by atoms with Crippen molar-refractivity contribution in [2.75, 3.05) is 0 Å². The van der Waals surface area contributed by atoms with E-state index in [-0.39, 0.29) is 29.2 Å². The molecule has 0 spiro atoms. The average molecular weight is 516 g/mol. The van der Waals surface area contributed by atoms with Crippen molar-refractivity contribution >= 4 is 28.5 Å². The minimum atomic E-state index is -1.23. The molecule has 0 radical (unpaired) electrons. The molecule has 192 valence electrons. The van der Waals surface area contributed by atoms with Crippen molar-refractivity contribution in [1.29, 1.82) is 0 Å². The number of hydrogen-bond acceptors (Lipinski definition) is 3. The Morgan fingerprint density at radius 3 is 2.36 bits per heavy atom. The molecule has 0 bridgehead atoms. The molecule has 8 heteroatoms. The molecule has 2 N–H and O–H groups in total. The van der Waals surface area contributed by atoms with Gasteiger partial charge in [0, 0.05) is 23.2 Å². The molecule has 2 aliphatic rings. The number of amides is 1. The number of aliphatic hydroxyl groups is 1. The molecular weight excluding hydrogens is 484 g/mol. The molecular formula is C28H32ClF2N3O2. The Bertz CT molecular complexity index is 1240. The number of halogens is 3. The highest BCUT2D eigenvalue weighted by Crippen LogP contribution is 2.39. The van der Waals surface area contributed by atoms with Crippen LogP contribution in [0.5, 0.6) is 0 Å². The van der Waals surface area contributed by atoms with Crippen molar-refractivity contribution in [3.63, 3.8) is 0 Å². The van der Waals surface area contributed by atoms with Crippen molar-refractivity contribution in [2.24, 2.45) is 5.92 Å². The van der Waals surface area contributed by atoms with Gasteiger partial charge >= 0.3 is 0 Å². The highest BCUT2D eigenvalue weighted by atomic mass is 35.5. The SMILES string of the molecule is O=C(NC1CCCCC1)C(C1CCCCC1)n1c([C@@H](O)c2cccc(Cl)c2)nc2cc(F)c(F)cc21. The van der Waals surface area contributed by atoms with Crippen molar-refractivity contribution in [1.82, 2.24) is 14.9 Å². The van der Waals surface area contributed by atoms with E-state index in [1.807, 2.05) is 0 Å². The maximum Gasteiger partial charge on any atom is 0.243 e. The number of aromatic nitrogens is 2. The standard InChI is InChI=1S/C28H32ClF2N3O2/c29-19-11-7-10-18(14-19)26(35)27-33-23-15-21(30)22(31)16-24(23)34(27)25(17-8-3-1-4-9-17)28(36)32-20-12-5-2-6-13-20/h7,10-11,14-17,20,25-26,35H,1-6,8-9,12-13H2,(H,32,36)/t25?,26-/m0/s1. The molecule has 1 heterocycles. The van der Waals surface area contributed by atoms with Crippen LogP contribution in [-0.4, -0.2) is 26.6 Å². The summed E-state index contributed by atoms with van der Waals surface area (Å²) in [6.07, 6.45) is 8.78. The first-order valence-corrected chi connectivity index (χ1v) is 13.4. The molecule has 0 saturated heterocycles. The lowest BCUT2D eigenvalue weighted by molar-refractivity contribution is -0.127. The summed E-state index contributed by atoms with van der Waals surface area (Å²) in [5.74, 6) is -1.98. The molecule has 2 fully saturated rings. The van der Waals surface area contributed by atoms with E-state index in [0.717, 1.165) is 69.9 Å². The molecule has 2 aromatic carbocycles. The van der Waals surface area contributed by atoms with Gasteiger partial charge in [-0.1, -0.05) is 62.3 Å². The van der Waals surface area contributed by atoms with Crippen molar-refractivity contribution in [3.8, 4) is 0 Å². The first kappa shape index (κ1) is 25.2. The minimum absolute atomic E-state index is 0.00170. The summed E-state index contributed by atoms with van der Waals surface area (Å²) in [6.45, 7) is 0. The molecule has 1 aromatic heterocycles. The first-order chi connectivity index (χ1) is 17.4. The fourth-order valence-electron chi connectivity index (χ4n) is 5.95. The second kappa shape index (κ2) is 10.9. The summed E-state index contributed by atoms with van der Waals surface area (Å²) in [6, 6.07) is 8.32. The molecule has 2 atom stereocenters. The first-order valence-electron chi connectivity index (χ1n) is 13.0. The molecule has 1 unspecified atom stereocenters. The van der Waals surface area contributed by atoms with E-state index >= 15 is 0 Å². The fraction of sp³-hybridized carbons (Fsp3) is 0.500. The largest absolute Gasteiger partial charge is 0.380 e. The number of imidazole rings is 1. The Labute approximate surface area is 214 Å². The van der Waals surface area contributed by atoms with Crippen LogP contribution in [0.1, 0.15) is 87.7 Å². The summed E-state index contributed by atoms with van der Waals surface area (Å²) >= 11 is 6.18. The Morgan fingerprint density at radius 2 is 1.67 bits per heavy atom. The lowest BCUT2D eigenvalue weighted by atomic mass is 9.82. The lowest BCUT2D eigenvalue weighted by Crippen LogP contribution is -2.44. The number of fused-ring (bicyclic) bond motifs is 1. The zero-order valence-electron chi connectivity index (χ0n) is 20.2. The van der Waals surface area contributed by atoms with E-state index in [9.17, 15) is 18.7 Å². The number of aliphatic hydroxyl groups excluding tert-OH is 1. The third kappa shape index (κ3) is 5.14. The van der Waals surface area contributed by atoms with E-state index in [0.29, 0.717) is 16.1 Å². The molecule has 2 saturated carbocycles. The van der Waals surface area contributed by atoms with Crippen LogP contribution in [0.2, 0.25) is 5.02 Å². The molecule has 36 heavy (non-hydrogen) atoms. The van der Waals surface area contributed by atoms with E-state index in [4.69, 9.17) is 11.6 Å². The molecule has 5 rings (SSSR count). The number of carbonyl (C=O) groups excluding carboxylic acids is 1. The van der Waals surface area contributed by atoms with Crippen molar-refractivity contribution in [2.45, 2.75) is 82.4 Å². The second-order valence-corrected chi connectivity index (χ2v) is 10.7. The van der Waals surface area contributed by atoms with Gasteiger partial charge in [-0.15, -0.1) is 0 Å². The van der Waals surface area contributed by atoms with Gasteiger partial charge in [0.2, 0.25) is 5.91 Å². The predicted molar refractivity (Wildman–Crippen MR) is 136 cm³/mol. The van der Waals surface area contributed by atoms with Gasteiger partial charge in [0.1, 0.15) is 18.0 Å². The van der Waals surface area contributed by atoms with Gasteiger partial charge in [0.15, 0.2) is 11.6 Å². The summed E-state index contributed by atoms with van der Waals surface area (Å²) in [5, 5.41) is 15.1. The summed E-state index contributed by atoms with van der Waals surface area (Å²) in [7, 11) is 0. The summed E-state index contributed by atoms with van der Waals surface area (Å²) in [5.41, 5.74) is 1.01. The zero-order chi connectivity index (χ0) is 25.2. The average Bonchev–Trinajstić information content (AvgIpc) is 3.23. The van der Waals surface area contributed by atoms with Gasteiger partial charge in [-0.25, -0.2) is 13.8 Å². The smallest absolute Gasteiger partial charge is 0.243 e. The van der Waals surface area contributed by atoms with Gasteiger partial charge < -0.3 is 15.0 Å². The predicted octanol–water partition coefficient (Wildman–Crippen LogP) is 6.62. The monoisotopic (exact) mass is 515 g/mol. The van der Waals surface area contributed by atoms with Gasteiger partial charge in [-0.2, -0.15) is 0 Å². The molecule has 1 amide bonds. The molecule has 2 aliphatic carbocycles. The number of carbonyl (C=O) groups is 1. The van der Waals surface area contributed by atoms with E-state index in [1.54, 1.807) is 28.8 Å². The van der Waals surface area contributed by atoms with Crippen LogP contribution < -0.4 is 5.32 Å². The number of nitrogens with zero attached hydrogens (tertiary/aromatic N) is 2. The van der Waals surface area contributed by atoms with Crippen molar-refractivity contribution in [3.05, 3.63) is 64.4 Å². The Hall–Kier alpha value is -2.51. The Morgan fingerprint density at radius 1 is 1.00 bits per heavy atom. The fourth-order valence-corrected chi connectivity index (χ4v) is 6.14. The maximum absolute atomic E-state index is 14.5. The summed E-state index contributed by atoms with van der Waals surface area (Å²) in [4.78, 5) is 18.5. The van der Waals surface area contributed by atoms with Crippen LogP contribution in [-0.2, 0) is 4.79 Å². The van der Waals surface area contributed by atoms with E-state index < -0.39 is 23.8 Å². The molecule has 3 aromatic rings. The van der Waals surface area contributed by atoms with E-state index in [2.05, 4.69) is 10.3 Å². The third-order valence-corrected chi connectivity index (χ3v) is 8.00. The van der Waals surface area contributed by atoms with Gasteiger partial charge in [0.25, 0.3) is 0 Å². The zero-order valence-corrected chi connectivity index (χ0v) is 21.0. The minimum Gasteiger partial charge on any atom is -0.380 e. The maximum atomic E-state index is 14.5. The highest BCUT2D eigenvalue weighted by Gasteiger charge is 2.37. The van der Waals surface area contributed by atoms with Gasteiger partial charge in [-0.3, -0.25) is 4.79 Å². The molecule has 0 aliphatic heterocycles. The van der Waals surface area contributed by atoms with Crippen LogP contribution >= 0.6 is 11.6 Å². The van der Waals surface area contributed by atoms with Crippen LogP contribution in [0.25, 0.3) is 11.0 Å². The van der Waals surface area contributed by atoms with Crippen LogP contribution in [0, 0.1) is 17.6 Å². The van der Waals surface area contributed by atoms with Crippen LogP contribution in [0.3, 0.4) is 0 Å². The normalized spacial score (nSPS) is 19.3. The number of nitrogens with one attached hydrogen (secondary N) is 1. The van der Waals surface area contributed by atoms with Gasteiger partial charge in [-0.05, 0) is 49.3 Å². The highest BCUT2D eigenvalue weighted by molar-refractivity contribution is 6.30. The topological polar surface area (TPSA) is 67.2 Å². The van der Waals surface area contributed by atoms with Crippen LogP contribution in [0.4, 0.5) is 8.78 Å². The molecule has 5 nitrogen and oxygen atoms in total. The van der Waals surface area contributed by atoms with Gasteiger partial charge in [0.05, 0.1) is 11.0 Å². The van der Waals surface area contributed by atoms with E-state index in [1.165, 1.54) is 6.42 Å². The Kier molecular flexibility index (Phi) is 7.58. The third-order valence-electron chi connectivity index (χ3n) is 7.76. The number of benzene rings is 2. The number of hydrogen-bond donors (Lipinski definition) is 2. The summed E-state index contributed by atoms with van der Waals surface area (Å²) < 4.78 is 30.4. The lowest BCUT2D eigenvalue weighted by Gasteiger charge is -2.34. The second-order valence-electron chi connectivity index (χ2n) is 10.2. The van der Waals surface area contributed by atoms with Crippen LogP contribution in [0.15, 0.2) is 36.4 Å². The number of rotatable bonds is 6. The quantitative estimate of drug-likeness (QED) is 0.387.